The van der Waals surface area contributed by atoms with Crippen molar-refractivity contribution in [2.45, 2.75) is 51.0 Å². The molecule has 2 aliphatic rings. The lowest BCUT2D eigenvalue weighted by molar-refractivity contribution is -0.0467. The highest BCUT2D eigenvalue weighted by atomic mass is 16.6. The van der Waals surface area contributed by atoms with E-state index < -0.39 is 5.60 Å². The Bertz CT molecular complexity index is 535. The Morgan fingerprint density at radius 2 is 2.00 bits per heavy atom. The zero-order chi connectivity index (χ0) is 15.2. The number of nitrogens with two attached hydrogens (primary N) is 1. The molecule has 1 aromatic rings. The summed E-state index contributed by atoms with van der Waals surface area (Å²) in [4.78, 5) is 14.1. The number of hydrogen-bond donors (Lipinski definition) is 1. The number of nitrogen functional groups attached to an aromatic ring is 1. The highest BCUT2D eigenvalue weighted by Gasteiger charge is 2.49. The van der Waals surface area contributed by atoms with Crippen LogP contribution in [0.5, 0.6) is 0 Å². The van der Waals surface area contributed by atoms with Crippen molar-refractivity contribution in [2.75, 3.05) is 12.3 Å². The molecular weight excluding hydrogens is 268 g/mol. The zero-order valence-electron chi connectivity index (χ0n) is 12.7. The second-order valence-corrected chi connectivity index (χ2v) is 6.78. The van der Waals surface area contributed by atoms with Crippen LogP contribution in [0.15, 0.2) is 24.3 Å². The fourth-order valence-corrected chi connectivity index (χ4v) is 3.03. The van der Waals surface area contributed by atoms with Gasteiger partial charge >= 0.3 is 6.09 Å². The van der Waals surface area contributed by atoms with E-state index in [1.807, 2.05) is 45.0 Å². The molecule has 5 nitrogen and oxygen atoms in total. The number of fused-ring (bicyclic) bond motifs is 2. The largest absolute Gasteiger partial charge is 0.444 e. The van der Waals surface area contributed by atoms with Crippen molar-refractivity contribution in [1.29, 1.82) is 0 Å². The van der Waals surface area contributed by atoms with Gasteiger partial charge < -0.3 is 15.2 Å². The Balaban J connectivity index is 1.75. The molecular formula is C16H22N2O3. The highest BCUT2D eigenvalue weighted by molar-refractivity contribution is 5.69. The Kier molecular flexibility index (Phi) is 3.32. The topological polar surface area (TPSA) is 64.8 Å². The molecule has 114 valence electrons. The highest BCUT2D eigenvalue weighted by Crippen LogP contribution is 2.42. The third kappa shape index (κ3) is 2.83. The fourth-order valence-electron chi connectivity index (χ4n) is 3.03. The van der Waals surface area contributed by atoms with E-state index in [2.05, 4.69) is 0 Å². The maximum Gasteiger partial charge on any atom is 0.410 e. The third-order valence-electron chi connectivity index (χ3n) is 3.89. The number of amides is 1. The summed E-state index contributed by atoms with van der Waals surface area (Å²) in [6.45, 7) is 6.26. The standard InChI is InChI=1S/C16H22N2O3/c1-16(2,3)21-15(19)18-9-12-8-13(18)14(20-12)10-4-6-11(17)7-5-10/h4-7,12-14H,8-9,17H2,1-3H3/t12-,13-,14+/m0/s1. The average molecular weight is 290 g/mol. The number of likely N-dealkylation sites (tertiary alicyclic amines) is 1. The van der Waals surface area contributed by atoms with Crippen LogP contribution in [0.4, 0.5) is 10.5 Å². The van der Waals surface area contributed by atoms with Gasteiger partial charge in [0.1, 0.15) is 11.7 Å². The number of ether oxygens (including phenoxy) is 2. The predicted molar refractivity (Wildman–Crippen MR) is 79.8 cm³/mol. The van der Waals surface area contributed by atoms with Gasteiger partial charge in [-0.25, -0.2) is 4.79 Å². The van der Waals surface area contributed by atoms with E-state index in [0.29, 0.717) is 6.54 Å². The van der Waals surface area contributed by atoms with Crippen LogP contribution in [0.2, 0.25) is 0 Å². The molecule has 21 heavy (non-hydrogen) atoms. The van der Waals surface area contributed by atoms with E-state index in [4.69, 9.17) is 15.2 Å². The lowest BCUT2D eigenvalue weighted by Gasteiger charge is -2.34. The van der Waals surface area contributed by atoms with Crippen molar-refractivity contribution >= 4 is 11.8 Å². The number of rotatable bonds is 1. The van der Waals surface area contributed by atoms with Crippen LogP contribution in [0, 0.1) is 0 Å². The molecule has 1 amide bonds. The predicted octanol–water partition coefficient (Wildman–Crippen LogP) is 2.72. The van der Waals surface area contributed by atoms with Crippen LogP contribution in [0.1, 0.15) is 38.9 Å². The van der Waals surface area contributed by atoms with Gasteiger partial charge in [-0.3, -0.25) is 4.90 Å². The second kappa shape index (κ2) is 4.91. The summed E-state index contributed by atoms with van der Waals surface area (Å²) in [6, 6.07) is 7.71. The van der Waals surface area contributed by atoms with Gasteiger partial charge in [-0.2, -0.15) is 0 Å². The molecule has 0 radical (unpaired) electrons. The summed E-state index contributed by atoms with van der Waals surface area (Å²) in [7, 11) is 0. The molecule has 0 aliphatic carbocycles. The molecule has 0 spiro atoms. The molecule has 2 N–H and O–H groups in total. The summed E-state index contributed by atoms with van der Waals surface area (Å²) in [5.41, 5.74) is 7.03. The average Bonchev–Trinajstić information content (AvgIpc) is 2.97. The first-order valence-electron chi connectivity index (χ1n) is 7.34. The van der Waals surface area contributed by atoms with Crippen LogP contribution in [0.25, 0.3) is 0 Å². The fraction of sp³-hybridized carbons (Fsp3) is 0.562. The minimum atomic E-state index is -0.476. The van der Waals surface area contributed by atoms with Crippen LogP contribution < -0.4 is 5.73 Å². The van der Waals surface area contributed by atoms with Crippen molar-refractivity contribution in [2.24, 2.45) is 0 Å². The van der Waals surface area contributed by atoms with E-state index >= 15 is 0 Å². The van der Waals surface area contributed by atoms with Crippen molar-refractivity contribution in [3.63, 3.8) is 0 Å². The van der Waals surface area contributed by atoms with E-state index in [-0.39, 0.29) is 24.3 Å². The normalized spacial score (nSPS) is 28.0. The van der Waals surface area contributed by atoms with Gasteiger partial charge in [0.25, 0.3) is 0 Å². The number of anilines is 1. The van der Waals surface area contributed by atoms with Gasteiger partial charge in [0, 0.05) is 5.69 Å². The number of carbonyl (C=O) groups excluding carboxylic acids is 1. The Morgan fingerprint density at radius 3 is 2.57 bits per heavy atom. The molecule has 2 fully saturated rings. The maximum absolute atomic E-state index is 12.3. The van der Waals surface area contributed by atoms with Gasteiger partial charge in [0.15, 0.2) is 0 Å². The van der Waals surface area contributed by atoms with Crippen LogP contribution >= 0.6 is 0 Å². The van der Waals surface area contributed by atoms with Crippen LogP contribution in [0.3, 0.4) is 0 Å². The van der Waals surface area contributed by atoms with Gasteiger partial charge in [-0.05, 0) is 44.9 Å². The SMILES string of the molecule is CC(C)(C)OC(=O)N1C[C@@H]2C[C@H]1[C@@H](c1ccc(N)cc1)O2. The summed E-state index contributed by atoms with van der Waals surface area (Å²) < 4.78 is 11.5. The van der Waals surface area contributed by atoms with E-state index in [0.717, 1.165) is 17.7 Å². The molecule has 2 heterocycles. The molecule has 0 unspecified atom stereocenters. The quantitative estimate of drug-likeness (QED) is 0.808. The van der Waals surface area contributed by atoms with Crippen LogP contribution in [-0.2, 0) is 9.47 Å². The molecule has 2 saturated heterocycles. The lowest BCUT2D eigenvalue weighted by Crippen LogP contribution is -2.45. The molecule has 2 aliphatic heterocycles. The second-order valence-electron chi connectivity index (χ2n) is 6.78. The number of benzene rings is 1. The first kappa shape index (κ1) is 14.2. The van der Waals surface area contributed by atoms with Crippen molar-refractivity contribution in [3.05, 3.63) is 29.8 Å². The van der Waals surface area contributed by atoms with Crippen molar-refractivity contribution in [1.82, 2.24) is 4.90 Å². The lowest BCUT2D eigenvalue weighted by atomic mass is 10.0. The van der Waals surface area contributed by atoms with Gasteiger partial charge in [0.2, 0.25) is 0 Å². The summed E-state index contributed by atoms with van der Waals surface area (Å²) in [5, 5.41) is 0. The molecule has 3 rings (SSSR count). The molecule has 0 saturated carbocycles. The minimum Gasteiger partial charge on any atom is -0.444 e. The number of nitrogens with zero attached hydrogens (tertiary/aromatic N) is 1. The Morgan fingerprint density at radius 1 is 1.33 bits per heavy atom. The minimum absolute atomic E-state index is 0.0495. The summed E-state index contributed by atoms with van der Waals surface area (Å²) in [6.07, 6.45) is 0.634. The van der Waals surface area contributed by atoms with E-state index in [1.54, 1.807) is 4.90 Å². The Labute approximate surface area is 125 Å². The maximum atomic E-state index is 12.3. The third-order valence-corrected chi connectivity index (χ3v) is 3.89. The molecule has 5 heteroatoms. The van der Waals surface area contributed by atoms with Crippen molar-refractivity contribution in [3.8, 4) is 0 Å². The number of hydrogen-bond acceptors (Lipinski definition) is 4. The summed E-state index contributed by atoms with van der Waals surface area (Å²) >= 11 is 0. The Hall–Kier alpha value is -1.75. The molecule has 3 atom stereocenters. The molecule has 0 aromatic heterocycles. The number of carbonyl (C=O) groups is 1. The van der Waals surface area contributed by atoms with Gasteiger partial charge in [0.05, 0.1) is 18.7 Å². The smallest absolute Gasteiger partial charge is 0.410 e. The first-order chi connectivity index (χ1) is 9.83. The van der Waals surface area contributed by atoms with Gasteiger partial charge in [-0.15, -0.1) is 0 Å². The van der Waals surface area contributed by atoms with E-state index in [9.17, 15) is 4.79 Å². The first-order valence-corrected chi connectivity index (χ1v) is 7.34. The van der Waals surface area contributed by atoms with Crippen molar-refractivity contribution < 1.29 is 14.3 Å². The van der Waals surface area contributed by atoms with Crippen LogP contribution in [-0.4, -0.2) is 35.3 Å². The molecule has 1 aromatic carbocycles. The van der Waals surface area contributed by atoms with Gasteiger partial charge in [-0.1, -0.05) is 12.1 Å². The monoisotopic (exact) mass is 290 g/mol. The van der Waals surface area contributed by atoms with E-state index in [1.165, 1.54) is 0 Å². The zero-order valence-corrected chi connectivity index (χ0v) is 12.7. The molecule has 2 bridgehead atoms. The number of morpholine rings is 1. The summed E-state index contributed by atoms with van der Waals surface area (Å²) in [5.74, 6) is 0.